The lowest BCUT2D eigenvalue weighted by atomic mass is 9.90. The molecule has 1 N–H and O–H groups in total. The van der Waals surface area contributed by atoms with E-state index in [1.807, 2.05) is 0 Å². The van der Waals surface area contributed by atoms with Crippen molar-refractivity contribution in [2.75, 3.05) is 24.5 Å². The molecule has 1 aromatic carbocycles. The molecule has 2 heterocycles. The highest BCUT2D eigenvalue weighted by molar-refractivity contribution is 5.91. The highest BCUT2D eigenvalue weighted by atomic mass is 16.1. The second kappa shape index (κ2) is 10.0. The minimum atomic E-state index is -0.133. The molecule has 0 unspecified atom stereocenters. The second-order valence-electron chi connectivity index (χ2n) is 7.34. The number of hydrogen-bond donors (Lipinski definition) is 1. The van der Waals surface area contributed by atoms with Gasteiger partial charge in [0.25, 0.3) is 5.91 Å². The van der Waals surface area contributed by atoms with Gasteiger partial charge in [0.05, 0.1) is 12.4 Å². The lowest BCUT2D eigenvalue weighted by Gasteiger charge is -2.32. The number of amides is 1. The zero-order valence-electron chi connectivity index (χ0n) is 16.2. The number of piperidine rings is 1. The highest BCUT2D eigenvalue weighted by Crippen LogP contribution is 2.24. The molecular formula is C22H30N4O. The summed E-state index contributed by atoms with van der Waals surface area (Å²) in [6.07, 6.45) is 10.1. The highest BCUT2D eigenvalue weighted by Gasteiger charge is 2.21. The number of anilines is 1. The minimum absolute atomic E-state index is 0.133. The first kappa shape index (κ1) is 19.3. The van der Waals surface area contributed by atoms with Crippen molar-refractivity contribution in [1.29, 1.82) is 0 Å². The van der Waals surface area contributed by atoms with Crippen molar-refractivity contribution >= 4 is 11.7 Å². The predicted octanol–water partition coefficient (Wildman–Crippen LogP) is 3.86. The lowest BCUT2D eigenvalue weighted by molar-refractivity contribution is 0.0947. The molecule has 1 amide bonds. The van der Waals surface area contributed by atoms with E-state index in [9.17, 15) is 4.79 Å². The molecular weight excluding hydrogens is 336 g/mol. The van der Waals surface area contributed by atoms with Gasteiger partial charge in [0.2, 0.25) is 0 Å². The van der Waals surface area contributed by atoms with Gasteiger partial charge < -0.3 is 10.2 Å². The molecule has 0 spiro atoms. The zero-order valence-corrected chi connectivity index (χ0v) is 16.2. The Kier molecular flexibility index (Phi) is 7.19. The third-order valence-electron chi connectivity index (χ3n) is 5.24. The molecule has 1 aliphatic heterocycles. The van der Waals surface area contributed by atoms with Crippen LogP contribution in [0.3, 0.4) is 0 Å². The number of unbranched alkanes of at least 4 members (excludes halogenated alkanes) is 2. The Morgan fingerprint density at radius 1 is 1.11 bits per heavy atom. The summed E-state index contributed by atoms with van der Waals surface area (Å²) >= 11 is 0. The molecule has 1 aromatic heterocycles. The Morgan fingerprint density at radius 2 is 1.89 bits per heavy atom. The van der Waals surface area contributed by atoms with Crippen LogP contribution in [0.25, 0.3) is 0 Å². The monoisotopic (exact) mass is 366 g/mol. The fourth-order valence-corrected chi connectivity index (χ4v) is 3.58. The van der Waals surface area contributed by atoms with Crippen molar-refractivity contribution in [3.63, 3.8) is 0 Å². The van der Waals surface area contributed by atoms with Gasteiger partial charge in [0.15, 0.2) is 0 Å². The number of carbonyl (C=O) groups is 1. The number of aromatic nitrogens is 2. The molecule has 0 atom stereocenters. The molecule has 2 aromatic rings. The standard InChI is InChI=1S/C22H30N4O/c1-2-3-7-12-23-22(27)20-16-25-21(17-24-20)26-13-10-19(11-14-26)15-18-8-5-4-6-9-18/h4-6,8-9,16-17,19H,2-3,7,10-15H2,1H3,(H,23,27). The van der Waals surface area contributed by atoms with Gasteiger partial charge >= 0.3 is 0 Å². The Bertz CT molecular complexity index is 694. The summed E-state index contributed by atoms with van der Waals surface area (Å²) in [7, 11) is 0. The quantitative estimate of drug-likeness (QED) is 0.721. The third-order valence-corrected chi connectivity index (χ3v) is 5.24. The van der Waals surface area contributed by atoms with E-state index in [1.54, 1.807) is 12.4 Å². The topological polar surface area (TPSA) is 58.1 Å². The molecule has 0 saturated carbocycles. The molecule has 3 rings (SSSR count). The van der Waals surface area contributed by atoms with Gasteiger partial charge in [-0.3, -0.25) is 4.79 Å². The molecule has 1 fully saturated rings. The van der Waals surface area contributed by atoms with Gasteiger partial charge in [-0.1, -0.05) is 50.1 Å². The van der Waals surface area contributed by atoms with E-state index in [0.717, 1.165) is 63.4 Å². The molecule has 27 heavy (non-hydrogen) atoms. The first-order valence-corrected chi connectivity index (χ1v) is 10.2. The van der Waals surface area contributed by atoms with E-state index < -0.39 is 0 Å². The van der Waals surface area contributed by atoms with E-state index in [0.29, 0.717) is 12.2 Å². The number of rotatable bonds is 8. The average molecular weight is 367 g/mol. The van der Waals surface area contributed by atoms with Crippen LogP contribution in [0.1, 0.15) is 55.1 Å². The van der Waals surface area contributed by atoms with Crippen LogP contribution in [0.4, 0.5) is 5.82 Å². The Labute approximate surface area is 162 Å². The van der Waals surface area contributed by atoms with Crippen molar-refractivity contribution in [3.8, 4) is 0 Å². The van der Waals surface area contributed by atoms with E-state index in [-0.39, 0.29) is 5.91 Å². The maximum Gasteiger partial charge on any atom is 0.271 e. The molecule has 1 saturated heterocycles. The maximum absolute atomic E-state index is 12.1. The maximum atomic E-state index is 12.1. The molecule has 144 valence electrons. The Morgan fingerprint density at radius 3 is 2.56 bits per heavy atom. The van der Waals surface area contributed by atoms with Crippen molar-refractivity contribution in [1.82, 2.24) is 15.3 Å². The van der Waals surface area contributed by atoms with Crippen molar-refractivity contribution in [2.24, 2.45) is 5.92 Å². The first-order valence-electron chi connectivity index (χ1n) is 10.2. The summed E-state index contributed by atoms with van der Waals surface area (Å²) in [5, 5.41) is 2.91. The van der Waals surface area contributed by atoms with Crippen LogP contribution in [0.15, 0.2) is 42.7 Å². The van der Waals surface area contributed by atoms with E-state index in [2.05, 4.69) is 57.4 Å². The molecule has 0 radical (unpaired) electrons. The average Bonchev–Trinajstić information content (AvgIpc) is 2.72. The number of benzene rings is 1. The minimum Gasteiger partial charge on any atom is -0.355 e. The molecule has 5 heteroatoms. The normalized spacial score (nSPS) is 14.9. The van der Waals surface area contributed by atoms with Crippen LogP contribution in [-0.2, 0) is 6.42 Å². The lowest BCUT2D eigenvalue weighted by Crippen LogP contribution is -2.35. The van der Waals surface area contributed by atoms with E-state index >= 15 is 0 Å². The largest absolute Gasteiger partial charge is 0.355 e. The summed E-state index contributed by atoms with van der Waals surface area (Å²) in [6, 6.07) is 10.7. The van der Waals surface area contributed by atoms with Crippen LogP contribution in [0.2, 0.25) is 0 Å². The van der Waals surface area contributed by atoms with Gasteiger partial charge in [-0.2, -0.15) is 0 Å². The smallest absolute Gasteiger partial charge is 0.271 e. The second-order valence-corrected chi connectivity index (χ2v) is 7.34. The summed E-state index contributed by atoms with van der Waals surface area (Å²) in [4.78, 5) is 23.2. The fraction of sp³-hybridized carbons (Fsp3) is 0.500. The molecule has 1 aliphatic rings. The van der Waals surface area contributed by atoms with Crippen LogP contribution >= 0.6 is 0 Å². The third kappa shape index (κ3) is 5.78. The first-order chi connectivity index (χ1) is 13.3. The predicted molar refractivity (Wildman–Crippen MR) is 109 cm³/mol. The fourth-order valence-electron chi connectivity index (χ4n) is 3.58. The SMILES string of the molecule is CCCCCNC(=O)c1cnc(N2CCC(Cc3ccccc3)CC2)cn1. The number of nitrogens with one attached hydrogen (secondary N) is 1. The zero-order chi connectivity index (χ0) is 18.9. The van der Waals surface area contributed by atoms with Gasteiger partial charge in [0, 0.05) is 19.6 Å². The van der Waals surface area contributed by atoms with Gasteiger partial charge in [-0.05, 0) is 37.2 Å². The Balaban J connectivity index is 1.46. The number of hydrogen-bond acceptors (Lipinski definition) is 4. The van der Waals surface area contributed by atoms with Gasteiger partial charge in [0.1, 0.15) is 11.5 Å². The summed E-state index contributed by atoms with van der Waals surface area (Å²) < 4.78 is 0. The molecule has 0 aliphatic carbocycles. The van der Waals surface area contributed by atoms with Crippen molar-refractivity contribution in [3.05, 3.63) is 54.0 Å². The molecule has 5 nitrogen and oxygen atoms in total. The van der Waals surface area contributed by atoms with E-state index in [1.165, 1.54) is 5.56 Å². The van der Waals surface area contributed by atoms with Crippen molar-refractivity contribution in [2.45, 2.75) is 45.4 Å². The summed E-state index contributed by atoms with van der Waals surface area (Å²) in [5.41, 5.74) is 1.82. The van der Waals surface area contributed by atoms with Crippen LogP contribution < -0.4 is 10.2 Å². The van der Waals surface area contributed by atoms with E-state index in [4.69, 9.17) is 0 Å². The van der Waals surface area contributed by atoms with Crippen molar-refractivity contribution < 1.29 is 4.79 Å². The summed E-state index contributed by atoms with van der Waals surface area (Å²) in [6.45, 7) is 4.84. The van der Waals surface area contributed by atoms with Crippen LogP contribution in [0.5, 0.6) is 0 Å². The van der Waals surface area contributed by atoms with Crippen LogP contribution in [-0.4, -0.2) is 35.5 Å². The number of carbonyl (C=O) groups excluding carboxylic acids is 1. The Hall–Kier alpha value is -2.43. The summed E-state index contributed by atoms with van der Waals surface area (Å²) in [5.74, 6) is 1.46. The number of nitrogens with zero attached hydrogens (tertiary/aromatic N) is 3. The van der Waals surface area contributed by atoms with Gasteiger partial charge in [-0.25, -0.2) is 9.97 Å². The van der Waals surface area contributed by atoms with Gasteiger partial charge in [-0.15, -0.1) is 0 Å². The molecule has 0 bridgehead atoms. The van der Waals surface area contributed by atoms with Crippen LogP contribution in [0, 0.1) is 5.92 Å².